The molecule has 0 radical (unpaired) electrons. The van der Waals surface area contributed by atoms with Gasteiger partial charge in [-0.3, -0.25) is 4.79 Å². The highest BCUT2D eigenvalue weighted by Gasteiger charge is 2.10. The molecule has 0 bridgehead atoms. The van der Waals surface area contributed by atoms with Crippen LogP contribution < -0.4 is 0 Å². The first-order chi connectivity index (χ1) is 6.57. The van der Waals surface area contributed by atoms with E-state index in [0.29, 0.717) is 5.75 Å². The maximum atomic E-state index is 11.7. The number of carbonyl (C=O) groups excluding carboxylic acids is 1. The number of hydrogen-bond acceptors (Lipinski definition) is 2. The van der Waals surface area contributed by atoms with Gasteiger partial charge in [0, 0.05) is 5.56 Å². The van der Waals surface area contributed by atoms with Crippen molar-refractivity contribution >= 4 is 17.5 Å². The Labute approximate surface area is 89.9 Å². The zero-order valence-corrected chi connectivity index (χ0v) is 9.99. The summed E-state index contributed by atoms with van der Waals surface area (Å²) in [6.45, 7) is 6.17. The average molecular weight is 208 g/mol. The van der Waals surface area contributed by atoms with E-state index in [1.165, 1.54) is 11.1 Å². The standard InChI is InChI=1S/C12H16OS/c1-8-5-6-11(10(3)9(8)2)12(13)7-14-4/h5-6H,7H2,1-4H3. The van der Waals surface area contributed by atoms with Crippen LogP contribution in [0.25, 0.3) is 0 Å². The third-order valence-electron chi connectivity index (χ3n) is 2.63. The number of carbonyl (C=O) groups is 1. The van der Waals surface area contributed by atoms with Crippen LogP contribution in [0, 0.1) is 20.8 Å². The Balaban J connectivity index is 3.11. The van der Waals surface area contributed by atoms with Gasteiger partial charge >= 0.3 is 0 Å². The number of benzene rings is 1. The topological polar surface area (TPSA) is 17.1 Å². The maximum Gasteiger partial charge on any atom is 0.172 e. The summed E-state index contributed by atoms with van der Waals surface area (Å²) >= 11 is 1.57. The summed E-state index contributed by atoms with van der Waals surface area (Å²) in [5.74, 6) is 0.807. The first-order valence-corrected chi connectivity index (χ1v) is 6.06. The second kappa shape index (κ2) is 4.65. The lowest BCUT2D eigenvalue weighted by Gasteiger charge is -2.09. The van der Waals surface area contributed by atoms with E-state index in [0.717, 1.165) is 11.1 Å². The molecule has 0 heterocycles. The van der Waals surface area contributed by atoms with Crippen LogP contribution >= 0.6 is 11.8 Å². The van der Waals surface area contributed by atoms with E-state index in [2.05, 4.69) is 13.8 Å². The molecule has 1 aromatic carbocycles. The number of Topliss-reactive ketones (excluding diaryl/α,β-unsaturated/α-hetero) is 1. The smallest absolute Gasteiger partial charge is 0.172 e. The molecule has 0 atom stereocenters. The molecular weight excluding hydrogens is 192 g/mol. The lowest BCUT2D eigenvalue weighted by Crippen LogP contribution is -2.06. The van der Waals surface area contributed by atoms with Gasteiger partial charge in [-0.2, -0.15) is 11.8 Å². The van der Waals surface area contributed by atoms with Crippen molar-refractivity contribution in [2.75, 3.05) is 12.0 Å². The minimum absolute atomic E-state index is 0.234. The SMILES string of the molecule is CSCC(=O)c1ccc(C)c(C)c1C. The Morgan fingerprint density at radius 1 is 1.21 bits per heavy atom. The van der Waals surface area contributed by atoms with Gasteiger partial charge in [-0.1, -0.05) is 12.1 Å². The molecule has 0 aromatic heterocycles. The summed E-state index contributed by atoms with van der Waals surface area (Å²) in [7, 11) is 0. The van der Waals surface area contributed by atoms with Crippen molar-refractivity contribution in [1.82, 2.24) is 0 Å². The summed E-state index contributed by atoms with van der Waals surface area (Å²) in [6.07, 6.45) is 1.95. The zero-order valence-electron chi connectivity index (χ0n) is 9.18. The minimum atomic E-state index is 0.234. The number of hydrogen-bond donors (Lipinski definition) is 0. The molecule has 0 unspecified atom stereocenters. The number of thioether (sulfide) groups is 1. The van der Waals surface area contributed by atoms with Crippen molar-refractivity contribution < 1.29 is 4.79 Å². The normalized spacial score (nSPS) is 10.3. The molecule has 14 heavy (non-hydrogen) atoms. The van der Waals surface area contributed by atoms with Crippen molar-refractivity contribution in [3.63, 3.8) is 0 Å². The highest BCUT2D eigenvalue weighted by atomic mass is 32.2. The van der Waals surface area contributed by atoms with Crippen LogP contribution in [0.4, 0.5) is 0 Å². The Morgan fingerprint density at radius 2 is 1.86 bits per heavy atom. The van der Waals surface area contributed by atoms with Crippen LogP contribution in [-0.4, -0.2) is 17.8 Å². The molecular formula is C12H16OS. The van der Waals surface area contributed by atoms with Crippen LogP contribution in [-0.2, 0) is 0 Å². The number of rotatable bonds is 3. The van der Waals surface area contributed by atoms with Gasteiger partial charge in [-0.15, -0.1) is 0 Å². The van der Waals surface area contributed by atoms with E-state index in [4.69, 9.17) is 0 Å². The van der Waals surface area contributed by atoms with Crippen molar-refractivity contribution in [3.05, 3.63) is 34.4 Å². The largest absolute Gasteiger partial charge is 0.293 e. The van der Waals surface area contributed by atoms with Crippen molar-refractivity contribution in [1.29, 1.82) is 0 Å². The zero-order chi connectivity index (χ0) is 10.7. The summed E-state index contributed by atoms with van der Waals surface area (Å²) < 4.78 is 0. The molecule has 1 aromatic rings. The number of aryl methyl sites for hydroxylation is 1. The predicted octanol–water partition coefficient (Wildman–Crippen LogP) is 3.16. The second-order valence-electron chi connectivity index (χ2n) is 3.54. The van der Waals surface area contributed by atoms with Crippen LogP contribution in [0.2, 0.25) is 0 Å². The Bertz CT molecular complexity index is 356. The van der Waals surface area contributed by atoms with Gasteiger partial charge in [0.2, 0.25) is 0 Å². The van der Waals surface area contributed by atoms with Crippen LogP contribution in [0.3, 0.4) is 0 Å². The van der Waals surface area contributed by atoms with E-state index >= 15 is 0 Å². The van der Waals surface area contributed by atoms with Crippen LogP contribution in [0.5, 0.6) is 0 Å². The van der Waals surface area contributed by atoms with Crippen LogP contribution in [0.15, 0.2) is 12.1 Å². The summed E-state index contributed by atoms with van der Waals surface area (Å²) in [5, 5.41) is 0. The van der Waals surface area contributed by atoms with Gasteiger partial charge in [-0.25, -0.2) is 0 Å². The molecule has 0 amide bonds. The molecule has 0 spiro atoms. The Kier molecular flexibility index (Phi) is 3.76. The van der Waals surface area contributed by atoms with E-state index in [1.807, 2.05) is 25.3 Å². The minimum Gasteiger partial charge on any atom is -0.293 e. The van der Waals surface area contributed by atoms with Gasteiger partial charge in [0.15, 0.2) is 5.78 Å². The van der Waals surface area contributed by atoms with Crippen molar-refractivity contribution in [2.24, 2.45) is 0 Å². The average Bonchev–Trinajstić information content (AvgIpc) is 2.15. The molecule has 0 N–H and O–H groups in total. The summed E-state index contributed by atoms with van der Waals surface area (Å²) in [4.78, 5) is 11.7. The molecule has 0 aliphatic heterocycles. The Hall–Kier alpha value is -0.760. The fourth-order valence-corrected chi connectivity index (χ4v) is 1.88. The van der Waals surface area contributed by atoms with Crippen LogP contribution in [0.1, 0.15) is 27.0 Å². The summed E-state index contributed by atoms with van der Waals surface area (Å²) in [6, 6.07) is 3.96. The number of ketones is 1. The molecule has 1 rings (SSSR count). The monoisotopic (exact) mass is 208 g/mol. The van der Waals surface area contributed by atoms with E-state index in [9.17, 15) is 4.79 Å². The Morgan fingerprint density at radius 3 is 2.43 bits per heavy atom. The van der Waals surface area contributed by atoms with E-state index in [1.54, 1.807) is 11.8 Å². The molecule has 0 saturated heterocycles. The summed E-state index contributed by atoms with van der Waals surface area (Å²) in [5.41, 5.74) is 4.49. The van der Waals surface area contributed by atoms with Crippen molar-refractivity contribution in [3.8, 4) is 0 Å². The molecule has 76 valence electrons. The second-order valence-corrected chi connectivity index (χ2v) is 4.40. The van der Waals surface area contributed by atoms with Gasteiger partial charge < -0.3 is 0 Å². The van der Waals surface area contributed by atoms with Gasteiger partial charge in [0.1, 0.15) is 0 Å². The van der Waals surface area contributed by atoms with Crippen molar-refractivity contribution in [2.45, 2.75) is 20.8 Å². The molecule has 1 nitrogen and oxygen atoms in total. The fourth-order valence-electron chi connectivity index (χ4n) is 1.47. The first kappa shape index (κ1) is 11.3. The maximum absolute atomic E-state index is 11.7. The lowest BCUT2D eigenvalue weighted by molar-refractivity contribution is 0.102. The first-order valence-electron chi connectivity index (χ1n) is 4.67. The van der Waals surface area contributed by atoms with Gasteiger partial charge in [-0.05, 0) is 43.7 Å². The molecule has 2 heteroatoms. The van der Waals surface area contributed by atoms with Gasteiger partial charge in [0.25, 0.3) is 0 Å². The molecule has 0 fully saturated rings. The predicted molar refractivity (Wildman–Crippen MR) is 63.4 cm³/mol. The fraction of sp³-hybridized carbons (Fsp3) is 0.417. The van der Waals surface area contributed by atoms with Gasteiger partial charge in [0.05, 0.1) is 5.75 Å². The quantitative estimate of drug-likeness (QED) is 0.710. The molecule has 0 aliphatic carbocycles. The highest BCUT2D eigenvalue weighted by Crippen LogP contribution is 2.18. The molecule has 0 aliphatic rings. The lowest BCUT2D eigenvalue weighted by atomic mass is 9.97. The van der Waals surface area contributed by atoms with E-state index in [-0.39, 0.29) is 5.78 Å². The highest BCUT2D eigenvalue weighted by molar-refractivity contribution is 7.99. The molecule has 0 saturated carbocycles. The third-order valence-corrected chi connectivity index (χ3v) is 3.18. The third kappa shape index (κ3) is 2.18. The van der Waals surface area contributed by atoms with E-state index < -0.39 is 0 Å².